The molecule has 4 aromatic rings. The number of hydrogen-bond donors (Lipinski definition) is 3. The predicted molar refractivity (Wildman–Crippen MR) is 121 cm³/mol. The van der Waals surface area contributed by atoms with Gasteiger partial charge in [-0.25, -0.2) is 9.78 Å². The van der Waals surface area contributed by atoms with Crippen molar-refractivity contribution in [2.45, 2.75) is 13.5 Å². The molecule has 3 amide bonds. The Labute approximate surface area is 183 Å². The van der Waals surface area contributed by atoms with Gasteiger partial charge in [-0.1, -0.05) is 30.3 Å². The van der Waals surface area contributed by atoms with Crippen LogP contribution in [0.3, 0.4) is 0 Å². The maximum absolute atomic E-state index is 12.8. The lowest BCUT2D eigenvalue weighted by Crippen LogP contribution is -2.26. The molecule has 32 heavy (non-hydrogen) atoms. The molecule has 4 rings (SSSR count). The molecule has 9 nitrogen and oxygen atoms in total. The van der Waals surface area contributed by atoms with Crippen molar-refractivity contribution >= 4 is 34.4 Å². The molecule has 0 unspecified atom stereocenters. The van der Waals surface area contributed by atoms with Gasteiger partial charge in [0.1, 0.15) is 17.5 Å². The Hall–Kier alpha value is -4.40. The van der Waals surface area contributed by atoms with E-state index in [9.17, 15) is 14.4 Å². The molecule has 2 heterocycles. The quantitative estimate of drug-likeness (QED) is 0.448. The summed E-state index contributed by atoms with van der Waals surface area (Å²) in [7, 11) is 1.56. The Morgan fingerprint density at radius 2 is 1.75 bits per heavy atom. The molecule has 0 atom stereocenters. The van der Waals surface area contributed by atoms with Gasteiger partial charge >= 0.3 is 6.03 Å². The molecule has 2 aromatic heterocycles. The van der Waals surface area contributed by atoms with Crippen LogP contribution in [0.5, 0.6) is 0 Å². The highest BCUT2D eigenvalue weighted by Crippen LogP contribution is 2.21. The van der Waals surface area contributed by atoms with Crippen molar-refractivity contribution in [3.05, 3.63) is 88.2 Å². The van der Waals surface area contributed by atoms with Crippen molar-refractivity contribution in [2.24, 2.45) is 7.05 Å². The van der Waals surface area contributed by atoms with Gasteiger partial charge in [-0.3, -0.25) is 9.59 Å². The van der Waals surface area contributed by atoms with Crippen molar-refractivity contribution in [1.82, 2.24) is 14.9 Å². The number of aromatic nitrogens is 2. The monoisotopic (exact) mass is 431 g/mol. The second-order valence-electron chi connectivity index (χ2n) is 7.20. The van der Waals surface area contributed by atoms with Crippen LogP contribution in [0, 0.1) is 6.92 Å². The normalized spacial score (nSPS) is 10.7. The number of nitrogens with zero attached hydrogens (tertiary/aromatic N) is 2. The van der Waals surface area contributed by atoms with E-state index in [1.165, 1.54) is 10.9 Å². The summed E-state index contributed by atoms with van der Waals surface area (Å²) in [5.41, 5.74) is 1.97. The van der Waals surface area contributed by atoms with Crippen LogP contribution in [0.2, 0.25) is 0 Å². The summed E-state index contributed by atoms with van der Waals surface area (Å²) >= 11 is 0. The number of carbonyl (C=O) groups excluding carboxylic acids is 2. The number of urea groups is 1. The number of carbonyl (C=O) groups is 2. The average Bonchev–Trinajstić information content (AvgIpc) is 3.12. The van der Waals surface area contributed by atoms with E-state index in [4.69, 9.17) is 4.42 Å². The van der Waals surface area contributed by atoms with Gasteiger partial charge in [0, 0.05) is 25.0 Å². The highest BCUT2D eigenvalue weighted by atomic mass is 16.3. The van der Waals surface area contributed by atoms with E-state index in [0.717, 1.165) is 5.56 Å². The Bertz CT molecular complexity index is 1360. The Morgan fingerprint density at radius 3 is 2.53 bits per heavy atom. The number of fused-ring (bicyclic) bond motifs is 1. The van der Waals surface area contributed by atoms with E-state index in [1.54, 1.807) is 44.3 Å². The summed E-state index contributed by atoms with van der Waals surface area (Å²) in [4.78, 5) is 41.5. The molecular weight excluding hydrogens is 410 g/mol. The maximum Gasteiger partial charge on any atom is 0.323 e. The smallest absolute Gasteiger partial charge is 0.323 e. The number of hydrogen-bond acceptors (Lipinski definition) is 5. The Morgan fingerprint density at radius 1 is 1.03 bits per heavy atom. The molecule has 162 valence electrons. The molecular formula is C23H21N5O4. The molecule has 0 saturated carbocycles. The lowest BCUT2D eigenvalue weighted by atomic mass is 10.1. The number of aryl methyl sites for hydroxylation is 2. The predicted octanol–water partition coefficient (Wildman–Crippen LogP) is 3.41. The zero-order valence-electron chi connectivity index (χ0n) is 17.5. The molecule has 0 radical (unpaired) electrons. The van der Waals surface area contributed by atoms with Crippen LogP contribution >= 0.6 is 0 Å². The van der Waals surface area contributed by atoms with Gasteiger partial charge in [0.15, 0.2) is 0 Å². The van der Waals surface area contributed by atoms with Crippen LogP contribution in [0.1, 0.15) is 21.7 Å². The lowest BCUT2D eigenvalue weighted by Gasteiger charge is -2.10. The number of nitrogens with one attached hydrogen (secondary N) is 3. The largest absolute Gasteiger partial charge is 0.442 e. The average molecular weight is 431 g/mol. The minimum atomic E-state index is -0.438. The van der Waals surface area contributed by atoms with Gasteiger partial charge in [-0.15, -0.1) is 0 Å². The summed E-state index contributed by atoms with van der Waals surface area (Å²) in [6.45, 7) is 1.81. The number of furan rings is 1. The highest BCUT2D eigenvalue weighted by Gasteiger charge is 2.22. The number of benzene rings is 2. The Balaban J connectivity index is 1.45. The molecule has 0 bridgehead atoms. The van der Waals surface area contributed by atoms with Crippen LogP contribution in [-0.4, -0.2) is 21.5 Å². The van der Waals surface area contributed by atoms with Crippen LogP contribution in [-0.2, 0) is 13.6 Å². The molecule has 0 aliphatic rings. The van der Waals surface area contributed by atoms with Crippen LogP contribution in [0.25, 0.3) is 11.1 Å². The maximum atomic E-state index is 12.8. The topological polar surface area (TPSA) is 118 Å². The van der Waals surface area contributed by atoms with Gasteiger partial charge in [0.2, 0.25) is 5.71 Å². The molecule has 3 N–H and O–H groups in total. The zero-order chi connectivity index (χ0) is 22.7. The summed E-state index contributed by atoms with van der Waals surface area (Å²) in [5.74, 6) is -0.118. The molecule has 0 aliphatic carbocycles. The standard InChI is InChI=1S/C23H21N5O4/c1-14-18(19-21(32-14)25-13-28(2)22(19)30)20(29)24-12-15-7-6-10-17(11-15)27-23(31)26-16-8-4-3-5-9-16/h3-11,13H,12H2,1-2H3,(H,24,29)(H2,26,27,31). The summed E-state index contributed by atoms with van der Waals surface area (Å²) < 4.78 is 6.78. The summed E-state index contributed by atoms with van der Waals surface area (Å²) in [5, 5.41) is 8.46. The number of para-hydroxylation sites is 1. The minimum absolute atomic E-state index is 0.131. The zero-order valence-corrected chi connectivity index (χ0v) is 17.5. The van der Waals surface area contributed by atoms with Gasteiger partial charge in [-0.2, -0.15) is 0 Å². The Kier molecular flexibility index (Phi) is 5.71. The molecule has 0 aliphatic heterocycles. The number of anilines is 2. The molecule has 2 aromatic carbocycles. The van der Waals surface area contributed by atoms with Gasteiger partial charge in [0.05, 0.1) is 5.56 Å². The first kappa shape index (κ1) is 20.9. The van der Waals surface area contributed by atoms with Crippen molar-refractivity contribution in [3.8, 4) is 0 Å². The summed E-state index contributed by atoms with van der Waals surface area (Å²) in [6.07, 6.45) is 1.35. The SMILES string of the molecule is Cc1oc2ncn(C)c(=O)c2c1C(=O)NCc1cccc(NC(=O)Nc2ccccc2)c1. The first-order valence-electron chi connectivity index (χ1n) is 9.87. The van der Waals surface area contributed by atoms with Crippen LogP contribution in [0.15, 0.2) is 70.1 Å². The number of rotatable bonds is 5. The van der Waals surface area contributed by atoms with Gasteiger partial charge in [0.25, 0.3) is 11.5 Å². The fourth-order valence-corrected chi connectivity index (χ4v) is 3.31. The second-order valence-corrected chi connectivity index (χ2v) is 7.20. The molecule has 0 saturated heterocycles. The van der Waals surface area contributed by atoms with Crippen molar-refractivity contribution < 1.29 is 14.0 Å². The second kappa shape index (κ2) is 8.76. The van der Waals surface area contributed by atoms with Crippen molar-refractivity contribution in [1.29, 1.82) is 0 Å². The fraction of sp³-hybridized carbons (Fsp3) is 0.130. The molecule has 9 heteroatoms. The summed E-state index contributed by atoms with van der Waals surface area (Å²) in [6, 6.07) is 15.8. The third kappa shape index (κ3) is 4.36. The van der Waals surface area contributed by atoms with E-state index in [1.807, 2.05) is 24.3 Å². The lowest BCUT2D eigenvalue weighted by molar-refractivity contribution is 0.0950. The van der Waals surface area contributed by atoms with E-state index < -0.39 is 5.91 Å². The fourth-order valence-electron chi connectivity index (χ4n) is 3.31. The molecule has 0 spiro atoms. The van der Waals surface area contributed by atoms with Crippen molar-refractivity contribution in [2.75, 3.05) is 10.6 Å². The van der Waals surface area contributed by atoms with Crippen molar-refractivity contribution in [3.63, 3.8) is 0 Å². The van der Waals surface area contributed by atoms with Gasteiger partial charge < -0.3 is 24.9 Å². The van der Waals surface area contributed by atoms with E-state index in [2.05, 4.69) is 20.9 Å². The number of amides is 3. The van der Waals surface area contributed by atoms with Gasteiger partial charge in [-0.05, 0) is 36.8 Å². The third-order valence-electron chi connectivity index (χ3n) is 4.84. The first-order valence-corrected chi connectivity index (χ1v) is 9.87. The highest BCUT2D eigenvalue weighted by molar-refractivity contribution is 6.06. The van der Waals surface area contributed by atoms with E-state index in [-0.39, 0.29) is 34.8 Å². The molecule has 0 fully saturated rings. The van der Waals surface area contributed by atoms with E-state index in [0.29, 0.717) is 17.1 Å². The van der Waals surface area contributed by atoms with E-state index >= 15 is 0 Å². The third-order valence-corrected chi connectivity index (χ3v) is 4.84. The van der Waals surface area contributed by atoms with Crippen LogP contribution < -0.4 is 21.5 Å². The van der Waals surface area contributed by atoms with Crippen LogP contribution in [0.4, 0.5) is 16.2 Å². The first-order chi connectivity index (χ1) is 15.4. The minimum Gasteiger partial charge on any atom is -0.442 e.